The van der Waals surface area contributed by atoms with Crippen molar-refractivity contribution in [1.82, 2.24) is 24.6 Å². The van der Waals surface area contributed by atoms with Gasteiger partial charge in [0.05, 0.1) is 12.2 Å². The molecule has 0 atom stereocenters. The SMILES string of the molecule is CCc1nc2c(n1CCn1cccn1)CCNC2. The fourth-order valence-electron chi connectivity index (χ4n) is 2.60. The predicted octanol–water partition coefficient (Wildman–Crippen LogP) is 0.988. The summed E-state index contributed by atoms with van der Waals surface area (Å²) < 4.78 is 4.37. The van der Waals surface area contributed by atoms with Crippen molar-refractivity contribution in [2.75, 3.05) is 6.54 Å². The van der Waals surface area contributed by atoms with Crippen molar-refractivity contribution in [3.05, 3.63) is 35.7 Å². The third-order valence-corrected chi connectivity index (χ3v) is 3.49. The van der Waals surface area contributed by atoms with Gasteiger partial charge in [0.2, 0.25) is 0 Å². The van der Waals surface area contributed by atoms with E-state index in [4.69, 9.17) is 4.98 Å². The number of aryl methyl sites for hydroxylation is 2. The summed E-state index contributed by atoms with van der Waals surface area (Å²) in [6.07, 6.45) is 5.91. The van der Waals surface area contributed by atoms with Gasteiger partial charge < -0.3 is 9.88 Å². The predicted molar refractivity (Wildman–Crippen MR) is 69.2 cm³/mol. The maximum atomic E-state index is 4.74. The Morgan fingerprint density at radius 3 is 3.11 bits per heavy atom. The normalized spacial score (nSPS) is 14.7. The van der Waals surface area contributed by atoms with Gasteiger partial charge in [0.15, 0.2) is 0 Å². The van der Waals surface area contributed by atoms with Crippen LogP contribution in [0.5, 0.6) is 0 Å². The third-order valence-electron chi connectivity index (χ3n) is 3.49. The number of rotatable bonds is 4. The summed E-state index contributed by atoms with van der Waals surface area (Å²) in [5, 5.41) is 7.64. The largest absolute Gasteiger partial charge is 0.330 e. The average molecular weight is 245 g/mol. The van der Waals surface area contributed by atoms with Crippen LogP contribution >= 0.6 is 0 Å². The highest BCUT2D eigenvalue weighted by molar-refractivity contribution is 5.20. The summed E-state index contributed by atoms with van der Waals surface area (Å²) >= 11 is 0. The molecule has 1 aliphatic heterocycles. The van der Waals surface area contributed by atoms with Crippen molar-refractivity contribution in [2.45, 2.75) is 39.4 Å². The van der Waals surface area contributed by atoms with Gasteiger partial charge >= 0.3 is 0 Å². The molecule has 5 nitrogen and oxygen atoms in total. The lowest BCUT2D eigenvalue weighted by Gasteiger charge is -2.16. The zero-order valence-corrected chi connectivity index (χ0v) is 10.8. The van der Waals surface area contributed by atoms with Crippen LogP contribution in [-0.4, -0.2) is 25.9 Å². The molecule has 0 saturated heterocycles. The highest BCUT2D eigenvalue weighted by Crippen LogP contribution is 2.16. The Kier molecular flexibility index (Phi) is 3.15. The lowest BCUT2D eigenvalue weighted by Crippen LogP contribution is -2.25. The van der Waals surface area contributed by atoms with E-state index in [0.29, 0.717) is 0 Å². The molecule has 0 saturated carbocycles. The van der Waals surface area contributed by atoms with Gasteiger partial charge in [0, 0.05) is 50.6 Å². The van der Waals surface area contributed by atoms with E-state index in [2.05, 4.69) is 21.9 Å². The van der Waals surface area contributed by atoms with Crippen molar-refractivity contribution in [3.63, 3.8) is 0 Å². The van der Waals surface area contributed by atoms with Crippen molar-refractivity contribution in [3.8, 4) is 0 Å². The molecular formula is C13H19N5. The molecule has 18 heavy (non-hydrogen) atoms. The number of fused-ring (bicyclic) bond motifs is 1. The topological polar surface area (TPSA) is 47.7 Å². The molecule has 3 heterocycles. The monoisotopic (exact) mass is 245 g/mol. The molecule has 5 heteroatoms. The Balaban J connectivity index is 1.83. The molecule has 0 amide bonds. The van der Waals surface area contributed by atoms with Gasteiger partial charge in [-0.3, -0.25) is 4.68 Å². The molecule has 96 valence electrons. The van der Waals surface area contributed by atoms with Crippen LogP contribution in [0.25, 0.3) is 0 Å². The molecule has 0 radical (unpaired) electrons. The van der Waals surface area contributed by atoms with Gasteiger partial charge in [-0.15, -0.1) is 0 Å². The molecule has 0 aromatic carbocycles. The van der Waals surface area contributed by atoms with E-state index < -0.39 is 0 Å². The van der Waals surface area contributed by atoms with Crippen LogP contribution in [0.1, 0.15) is 24.1 Å². The molecule has 3 rings (SSSR count). The summed E-state index contributed by atoms with van der Waals surface area (Å²) in [5.74, 6) is 1.20. The van der Waals surface area contributed by atoms with Crippen molar-refractivity contribution in [2.24, 2.45) is 0 Å². The Bertz CT molecular complexity index is 512. The van der Waals surface area contributed by atoms with Crippen molar-refractivity contribution < 1.29 is 0 Å². The first-order valence-electron chi connectivity index (χ1n) is 6.63. The van der Waals surface area contributed by atoms with Gasteiger partial charge in [-0.25, -0.2) is 4.98 Å². The van der Waals surface area contributed by atoms with Gasteiger partial charge in [-0.2, -0.15) is 5.10 Å². The maximum absolute atomic E-state index is 4.74. The van der Waals surface area contributed by atoms with E-state index in [1.54, 1.807) is 0 Å². The van der Waals surface area contributed by atoms with Gasteiger partial charge in [-0.05, 0) is 6.07 Å². The summed E-state index contributed by atoms with van der Waals surface area (Å²) in [6.45, 7) is 6.02. The van der Waals surface area contributed by atoms with Crippen LogP contribution in [0, 0.1) is 0 Å². The second-order valence-electron chi connectivity index (χ2n) is 4.62. The first kappa shape index (κ1) is 11.5. The van der Waals surface area contributed by atoms with Gasteiger partial charge in [-0.1, -0.05) is 6.92 Å². The molecule has 1 N–H and O–H groups in total. The second-order valence-corrected chi connectivity index (χ2v) is 4.62. The van der Waals surface area contributed by atoms with E-state index in [-0.39, 0.29) is 0 Å². The zero-order chi connectivity index (χ0) is 12.4. The molecule has 2 aromatic heterocycles. The summed E-state index contributed by atoms with van der Waals surface area (Å²) in [4.78, 5) is 4.74. The Labute approximate surface area is 107 Å². The van der Waals surface area contributed by atoms with Crippen LogP contribution in [0.2, 0.25) is 0 Å². The van der Waals surface area contributed by atoms with E-state index in [1.807, 2.05) is 23.1 Å². The van der Waals surface area contributed by atoms with Crippen LogP contribution < -0.4 is 5.32 Å². The average Bonchev–Trinajstić information content (AvgIpc) is 3.03. The van der Waals surface area contributed by atoms with Crippen molar-refractivity contribution in [1.29, 1.82) is 0 Å². The molecule has 2 aromatic rings. The molecule has 1 aliphatic rings. The number of imidazole rings is 1. The first-order chi connectivity index (χ1) is 8.88. The number of aromatic nitrogens is 4. The fraction of sp³-hybridized carbons (Fsp3) is 0.538. The fourth-order valence-corrected chi connectivity index (χ4v) is 2.60. The van der Waals surface area contributed by atoms with E-state index >= 15 is 0 Å². The minimum absolute atomic E-state index is 0.913. The summed E-state index contributed by atoms with van der Waals surface area (Å²) in [6, 6.07) is 1.97. The molecule has 0 fully saturated rings. The van der Waals surface area contributed by atoms with Crippen LogP contribution in [0.4, 0.5) is 0 Å². The molecule has 0 unspecified atom stereocenters. The van der Waals surface area contributed by atoms with E-state index in [1.165, 1.54) is 17.2 Å². The molecule has 0 spiro atoms. The highest BCUT2D eigenvalue weighted by Gasteiger charge is 2.18. The lowest BCUT2D eigenvalue weighted by atomic mass is 10.2. The minimum Gasteiger partial charge on any atom is -0.330 e. The van der Waals surface area contributed by atoms with Crippen LogP contribution in [0.15, 0.2) is 18.5 Å². The van der Waals surface area contributed by atoms with Gasteiger partial charge in [0.25, 0.3) is 0 Å². The van der Waals surface area contributed by atoms with E-state index in [9.17, 15) is 0 Å². The first-order valence-corrected chi connectivity index (χ1v) is 6.63. The zero-order valence-electron chi connectivity index (χ0n) is 10.8. The minimum atomic E-state index is 0.913. The third kappa shape index (κ3) is 2.06. The number of hydrogen-bond donors (Lipinski definition) is 1. The number of hydrogen-bond acceptors (Lipinski definition) is 3. The second kappa shape index (κ2) is 4.94. The smallest absolute Gasteiger partial charge is 0.109 e. The van der Waals surface area contributed by atoms with Gasteiger partial charge in [0.1, 0.15) is 5.82 Å². The Morgan fingerprint density at radius 2 is 2.33 bits per heavy atom. The molecule has 0 bridgehead atoms. The number of nitrogens with one attached hydrogen (secondary N) is 1. The van der Waals surface area contributed by atoms with E-state index in [0.717, 1.165) is 39.0 Å². The van der Waals surface area contributed by atoms with Crippen molar-refractivity contribution >= 4 is 0 Å². The number of nitrogens with zero attached hydrogens (tertiary/aromatic N) is 4. The summed E-state index contributed by atoms with van der Waals surface area (Å²) in [5.41, 5.74) is 2.65. The molecular weight excluding hydrogens is 226 g/mol. The quantitative estimate of drug-likeness (QED) is 0.873. The molecule has 0 aliphatic carbocycles. The van der Waals surface area contributed by atoms with Crippen LogP contribution in [-0.2, 0) is 32.5 Å². The maximum Gasteiger partial charge on any atom is 0.109 e. The summed E-state index contributed by atoms with van der Waals surface area (Å²) in [7, 11) is 0. The lowest BCUT2D eigenvalue weighted by molar-refractivity contribution is 0.501. The van der Waals surface area contributed by atoms with Crippen LogP contribution in [0.3, 0.4) is 0 Å². The Hall–Kier alpha value is -1.62. The standard InChI is InChI=1S/C13H19N5/c1-2-13-16-11-10-14-6-4-12(11)18(13)9-8-17-7-3-5-15-17/h3,5,7,14H,2,4,6,8-10H2,1H3. The highest BCUT2D eigenvalue weighted by atomic mass is 15.3. The Morgan fingerprint density at radius 1 is 1.39 bits per heavy atom.